The van der Waals surface area contributed by atoms with Crippen LogP contribution in [-0.2, 0) is 4.79 Å². The lowest BCUT2D eigenvalue weighted by Gasteiger charge is -2.20. The Kier molecular flexibility index (Phi) is 6.20. The summed E-state index contributed by atoms with van der Waals surface area (Å²) in [5.41, 5.74) is 4.06. The molecule has 1 amide bonds. The summed E-state index contributed by atoms with van der Waals surface area (Å²) in [4.78, 5) is 12.5. The van der Waals surface area contributed by atoms with Gasteiger partial charge in [-0.15, -0.1) is 0 Å². The molecule has 0 aliphatic heterocycles. The molecule has 6 heteroatoms. The first-order valence-corrected chi connectivity index (χ1v) is 8.94. The third-order valence-electron chi connectivity index (χ3n) is 4.43. The SMILES string of the molecule is Cc1ccccc1[C@H](CC(=O)NCCOc1nonc1C)c1ccccc1. The van der Waals surface area contributed by atoms with Crippen LogP contribution in [0.1, 0.15) is 34.7 Å². The van der Waals surface area contributed by atoms with Crippen LogP contribution in [0, 0.1) is 13.8 Å². The summed E-state index contributed by atoms with van der Waals surface area (Å²) in [5.74, 6) is 0.340. The second kappa shape index (κ2) is 8.98. The molecule has 0 fully saturated rings. The number of benzene rings is 2. The summed E-state index contributed by atoms with van der Waals surface area (Å²) >= 11 is 0. The maximum atomic E-state index is 12.5. The Morgan fingerprint density at radius 2 is 1.81 bits per heavy atom. The molecule has 1 aromatic heterocycles. The molecule has 3 rings (SSSR count). The number of aromatic nitrogens is 2. The molecule has 0 saturated carbocycles. The second-order valence-corrected chi connectivity index (χ2v) is 6.38. The van der Waals surface area contributed by atoms with Gasteiger partial charge in [0.15, 0.2) is 0 Å². The molecule has 1 N–H and O–H groups in total. The van der Waals surface area contributed by atoms with Crippen molar-refractivity contribution in [1.82, 2.24) is 15.6 Å². The average molecular weight is 365 g/mol. The van der Waals surface area contributed by atoms with Gasteiger partial charge in [-0.1, -0.05) is 59.8 Å². The van der Waals surface area contributed by atoms with Crippen LogP contribution >= 0.6 is 0 Å². The van der Waals surface area contributed by atoms with Gasteiger partial charge in [0.1, 0.15) is 12.3 Å². The Bertz CT molecular complexity index is 877. The number of carbonyl (C=O) groups excluding carboxylic acids is 1. The van der Waals surface area contributed by atoms with Crippen molar-refractivity contribution in [2.75, 3.05) is 13.2 Å². The van der Waals surface area contributed by atoms with E-state index in [1.54, 1.807) is 6.92 Å². The number of hydrogen-bond donors (Lipinski definition) is 1. The summed E-state index contributed by atoms with van der Waals surface area (Å²) in [6, 6.07) is 18.3. The molecule has 140 valence electrons. The number of aryl methyl sites for hydroxylation is 2. The maximum Gasteiger partial charge on any atom is 0.278 e. The van der Waals surface area contributed by atoms with Gasteiger partial charge in [0.2, 0.25) is 5.91 Å². The molecule has 1 atom stereocenters. The molecule has 6 nitrogen and oxygen atoms in total. The van der Waals surface area contributed by atoms with Crippen molar-refractivity contribution < 1.29 is 14.2 Å². The molecular formula is C21H23N3O3. The average Bonchev–Trinajstić information content (AvgIpc) is 3.09. The molecule has 0 aliphatic carbocycles. The number of nitrogens with zero attached hydrogens (tertiary/aromatic N) is 2. The summed E-state index contributed by atoms with van der Waals surface area (Å²) in [6.07, 6.45) is 0.374. The zero-order valence-corrected chi connectivity index (χ0v) is 15.5. The van der Waals surface area contributed by atoms with Crippen LogP contribution in [0.5, 0.6) is 5.88 Å². The molecule has 0 spiro atoms. The summed E-state index contributed by atoms with van der Waals surface area (Å²) in [6.45, 7) is 4.52. The molecule has 0 saturated heterocycles. The van der Waals surface area contributed by atoms with Crippen molar-refractivity contribution in [1.29, 1.82) is 0 Å². The Labute approximate surface area is 158 Å². The van der Waals surface area contributed by atoms with E-state index in [4.69, 9.17) is 4.74 Å². The highest BCUT2D eigenvalue weighted by Gasteiger charge is 2.19. The zero-order chi connectivity index (χ0) is 19.1. The Hall–Kier alpha value is -3.15. The van der Waals surface area contributed by atoms with Crippen molar-refractivity contribution in [2.24, 2.45) is 0 Å². The molecule has 2 aromatic carbocycles. The largest absolute Gasteiger partial charge is 0.472 e. The van der Waals surface area contributed by atoms with Gasteiger partial charge in [0.25, 0.3) is 5.88 Å². The molecule has 0 aliphatic rings. The Morgan fingerprint density at radius 3 is 2.52 bits per heavy atom. The fourth-order valence-electron chi connectivity index (χ4n) is 3.02. The minimum absolute atomic E-state index is 0.00954. The van der Waals surface area contributed by atoms with E-state index in [1.807, 2.05) is 30.3 Å². The van der Waals surface area contributed by atoms with Crippen LogP contribution in [0.3, 0.4) is 0 Å². The first-order chi connectivity index (χ1) is 13.1. The van der Waals surface area contributed by atoms with E-state index in [-0.39, 0.29) is 11.8 Å². The first-order valence-electron chi connectivity index (χ1n) is 8.94. The maximum absolute atomic E-state index is 12.5. The van der Waals surface area contributed by atoms with Crippen LogP contribution < -0.4 is 10.1 Å². The number of rotatable bonds is 8. The lowest BCUT2D eigenvalue weighted by molar-refractivity contribution is -0.121. The molecule has 1 heterocycles. The van der Waals surface area contributed by atoms with Gasteiger partial charge < -0.3 is 10.1 Å². The zero-order valence-electron chi connectivity index (χ0n) is 15.5. The third kappa shape index (κ3) is 4.94. The highest BCUT2D eigenvalue weighted by Crippen LogP contribution is 2.30. The molecular weight excluding hydrogens is 342 g/mol. The number of carbonyl (C=O) groups is 1. The molecule has 0 radical (unpaired) electrons. The number of ether oxygens (including phenoxy) is 1. The number of hydrogen-bond acceptors (Lipinski definition) is 5. The fourth-order valence-corrected chi connectivity index (χ4v) is 3.02. The van der Waals surface area contributed by atoms with Crippen molar-refractivity contribution in [3.63, 3.8) is 0 Å². The van der Waals surface area contributed by atoms with E-state index in [0.29, 0.717) is 31.1 Å². The highest BCUT2D eigenvalue weighted by atomic mass is 16.6. The summed E-state index contributed by atoms with van der Waals surface area (Å²) in [7, 11) is 0. The van der Waals surface area contributed by atoms with Crippen LogP contribution in [-0.4, -0.2) is 29.4 Å². The Morgan fingerprint density at radius 1 is 1.07 bits per heavy atom. The van der Waals surface area contributed by atoms with E-state index in [9.17, 15) is 4.79 Å². The Balaban J connectivity index is 1.61. The molecule has 0 unspecified atom stereocenters. The van der Waals surface area contributed by atoms with Crippen LogP contribution in [0.2, 0.25) is 0 Å². The molecule has 0 bridgehead atoms. The van der Waals surface area contributed by atoms with Gasteiger partial charge in [-0.25, -0.2) is 4.63 Å². The number of nitrogens with one attached hydrogen (secondary N) is 1. The lowest BCUT2D eigenvalue weighted by Crippen LogP contribution is -2.29. The van der Waals surface area contributed by atoms with Gasteiger partial charge in [-0.05, 0) is 35.7 Å². The molecule has 3 aromatic rings. The predicted molar refractivity (Wildman–Crippen MR) is 102 cm³/mol. The minimum Gasteiger partial charge on any atom is -0.472 e. The van der Waals surface area contributed by atoms with Crippen LogP contribution in [0.4, 0.5) is 0 Å². The van der Waals surface area contributed by atoms with Gasteiger partial charge >= 0.3 is 0 Å². The van der Waals surface area contributed by atoms with Crippen LogP contribution in [0.15, 0.2) is 59.2 Å². The monoisotopic (exact) mass is 365 g/mol. The summed E-state index contributed by atoms with van der Waals surface area (Å²) in [5, 5.41) is 10.2. The van der Waals surface area contributed by atoms with Gasteiger partial charge in [0.05, 0.1) is 6.54 Å². The second-order valence-electron chi connectivity index (χ2n) is 6.38. The minimum atomic E-state index is -0.0225. The normalized spacial score (nSPS) is 11.8. The van der Waals surface area contributed by atoms with E-state index in [0.717, 1.165) is 5.56 Å². The fraction of sp³-hybridized carbons (Fsp3) is 0.286. The molecule has 27 heavy (non-hydrogen) atoms. The smallest absolute Gasteiger partial charge is 0.278 e. The van der Waals surface area contributed by atoms with E-state index in [2.05, 4.69) is 51.4 Å². The quantitative estimate of drug-likeness (QED) is 0.619. The standard InChI is InChI=1S/C21H23N3O3/c1-15-8-6-7-11-18(15)19(17-9-4-3-5-10-17)14-20(25)22-12-13-26-21-16(2)23-27-24-21/h3-11,19H,12-14H2,1-2H3,(H,22,25)/t19-/m1/s1. The van der Waals surface area contributed by atoms with E-state index < -0.39 is 0 Å². The van der Waals surface area contributed by atoms with Gasteiger partial charge in [-0.2, -0.15) is 0 Å². The van der Waals surface area contributed by atoms with Crippen molar-refractivity contribution >= 4 is 5.91 Å². The first kappa shape index (κ1) is 18.6. The van der Waals surface area contributed by atoms with Crippen LogP contribution in [0.25, 0.3) is 0 Å². The van der Waals surface area contributed by atoms with Gasteiger partial charge in [0, 0.05) is 12.3 Å². The third-order valence-corrected chi connectivity index (χ3v) is 4.43. The van der Waals surface area contributed by atoms with Gasteiger partial charge in [-0.3, -0.25) is 4.79 Å². The highest BCUT2D eigenvalue weighted by molar-refractivity contribution is 5.77. The van der Waals surface area contributed by atoms with E-state index >= 15 is 0 Å². The van der Waals surface area contributed by atoms with E-state index in [1.165, 1.54) is 11.1 Å². The lowest BCUT2D eigenvalue weighted by atomic mass is 9.86. The van der Waals surface area contributed by atoms with Crippen molar-refractivity contribution in [2.45, 2.75) is 26.2 Å². The number of amides is 1. The topological polar surface area (TPSA) is 77.2 Å². The van der Waals surface area contributed by atoms with Crippen molar-refractivity contribution in [3.05, 3.63) is 77.0 Å². The summed E-state index contributed by atoms with van der Waals surface area (Å²) < 4.78 is 10.0. The predicted octanol–water partition coefficient (Wildman–Crippen LogP) is 3.40. The van der Waals surface area contributed by atoms with Crippen molar-refractivity contribution in [3.8, 4) is 5.88 Å².